The summed E-state index contributed by atoms with van der Waals surface area (Å²) in [4.78, 5) is 11.7. The first-order valence-corrected chi connectivity index (χ1v) is 7.68. The van der Waals surface area contributed by atoms with Gasteiger partial charge < -0.3 is 10.6 Å². The summed E-state index contributed by atoms with van der Waals surface area (Å²) in [6.07, 6.45) is 0. The Kier molecular flexibility index (Phi) is 5.07. The van der Waals surface area contributed by atoms with Crippen LogP contribution >= 0.6 is 11.3 Å². The Bertz CT molecular complexity index is 687. The maximum absolute atomic E-state index is 11.7. The normalized spacial score (nSPS) is 11.8. The Morgan fingerprint density at radius 2 is 1.95 bits per heavy atom. The number of hydrogen-bond acceptors (Lipinski definition) is 6. The second-order valence-electron chi connectivity index (χ2n) is 5.16. The molecule has 1 aromatic heterocycles. The Morgan fingerprint density at radius 1 is 1.27 bits per heavy atom. The molecule has 0 aliphatic heterocycles. The fourth-order valence-corrected chi connectivity index (χ4v) is 2.38. The molecule has 0 unspecified atom stereocenters. The van der Waals surface area contributed by atoms with Crippen molar-refractivity contribution in [3.63, 3.8) is 0 Å². The zero-order valence-corrected chi connectivity index (χ0v) is 13.4. The van der Waals surface area contributed by atoms with Crippen LogP contribution in [0.1, 0.15) is 30.5 Å². The molecular formula is C15H17N5OS. The highest BCUT2D eigenvalue weighted by Gasteiger charge is 2.20. The fourth-order valence-electron chi connectivity index (χ4n) is 1.62. The zero-order chi connectivity index (χ0) is 16.1. The number of hydrogen-bond donors (Lipinski definition) is 2. The summed E-state index contributed by atoms with van der Waals surface area (Å²) < 4.78 is 0. The molecule has 2 aromatic rings. The first-order valence-electron chi connectivity index (χ1n) is 6.86. The van der Waals surface area contributed by atoms with Gasteiger partial charge in [-0.3, -0.25) is 4.79 Å². The van der Waals surface area contributed by atoms with E-state index in [1.165, 1.54) is 16.9 Å². The maximum atomic E-state index is 11.7. The molecule has 7 heteroatoms. The maximum Gasteiger partial charge on any atom is 0.223 e. The van der Waals surface area contributed by atoms with Crippen LogP contribution in [0.25, 0.3) is 0 Å². The minimum Gasteiger partial charge on any atom is -0.334 e. The summed E-state index contributed by atoms with van der Waals surface area (Å²) in [7, 11) is 0. The molecule has 22 heavy (non-hydrogen) atoms. The zero-order valence-electron chi connectivity index (χ0n) is 12.6. The van der Waals surface area contributed by atoms with Crippen molar-refractivity contribution in [3.8, 4) is 6.07 Å². The second kappa shape index (κ2) is 7.00. The van der Waals surface area contributed by atoms with Crippen LogP contribution in [0.5, 0.6) is 0 Å². The van der Waals surface area contributed by atoms with E-state index < -0.39 is 6.04 Å². The van der Waals surface area contributed by atoms with Gasteiger partial charge in [0.1, 0.15) is 0 Å². The van der Waals surface area contributed by atoms with Crippen LogP contribution in [0.4, 0.5) is 10.8 Å². The van der Waals surface area contributed by atoms with Crippen molar-refractivity contribution in [2.24, 2.45) is 5.92 Å². The molecule has 1 heterocycles. The van der Waals surface area contributed by atoms with Crippen LogP contribution < -0.4 is 10.6 Å². The number of nitrogens with one attached hydrogen (secondary N) is 2. The number of nitrogens with zero attached hydrogens (tertiary/aromatic N) is 3. The van der Waals surface area contributed by atoms with Gasteiger partial charge in [-0.25, -0.2) is 0 Å². The lowest BCUT2D eigenvalue weighted by molar-refractivity contribution is -0.124. The standard InChI is InChI=1S/C15H17N5OS/c1-9(2)13(21)18-12(8-16)14-19-20-15(22-14)17-11-6-4-10(3)5-7-11/h4-7,9,12H,1-3H3,(H,17,20)(H,18,21)/t12-/m1/s1. The van der Waals surface area contributed by atoms with Crippen molar-refractivity contribution in [1.29, 1.82) is 5.26 Å². The molecule has 0 aliphatic carbocycles. The molecule has 6 nitrogen and oxygen atoms in total. The molecule has 0 bridgehead atoms. The Hall–Kier alpha value is -2.46. The topological polar surface area (TPSA) is 90.7 Å². The van der Waals surface area contributed by atoms with Crippen LogP contribution in [0.3, 0.4) is 0 Å². The SMILES string of the molecule is Cc1ccc(Nc2nnc([C@@H](C#N)NC(=O)C(C)C)s2)cc1. The van der Waals surface area contributed by atoms with E-state index in [0.29, 0.717) is 10.1 Å². The van der Waals surface area contributed by atoms with E-state index in [9.17, 15) is 10.1 Å². The molecule has 1 atom stereocenters. The van der Waals surface area contributed by atoms with Crippen molar-refractivity contribution >= 4 is 28.1 Å². The van der Waals surface area contributed by atoms with Gasteiger partial charge in [0.05, 0.1) is 6.07 Å². The Morgan fingerprint density at radius 3 is 2.55 bits per heavy atom. The van der Waals surface area contributed by atoms with Gasteiger partial charge >= 0.3 is 0 Å². The molecule has 114 valence electrons. The van der Waals surface area contributed by atoms with Gasteiger partial charge in [0.25, 0.3) is 0 Å². The predicted molar refractivity (Wildman–Crippen MR) is 85.7 cm³/mol. The number of carbonyl (C=O) groups excluding carboxylic acids is 1. The third-order valence-electron chi connectivity index (χ3n) is 2.93. The number of nitriles is 1. The summed E-state index contributed by atoms with van der Waals surface area (Å²) >= 11 is 1.25. The highest BCUT2D eigenvalue weighted by molar-refractivity contribution is 7.15. The van der Waals surface area contributed by atoms with Crippen LogP contribution in [0.15, 0.2) is 24.3 Å². The van der Waals surface area contributed by atoms with Crippen molar-refractivity contribution in [2.45, 2.75) is 26.8 Å². The van der Waals surface area contributed by atoms with E-state index in [4.69, 9.17) is 0 Å². The smallest absolute Gasteiger partial charge is 0.223 e. The third kappa shape index (κ3) is 4.02. The monoisotopic (exact) mass is 315 g/mol. The molecule has 0 spiro atoms. The molecular weight excluding hydrogens is 298 g/mol. The summed E-state index contributed by atoms with van der Waals surface area (Å²) in [5, 5.41) is 24.0. The molecule has 0 saturated carbocycles. The van der Waals surface area contributed by atoms with E-state index in [1.54, 1.807) is 13.8 Å². The number of aryl methyl sites for hydroxylation is 1. The van der Waals surface area contributed by atoms with Crippen molar-refractivity contribution < 1.29 is 4.79 Å². The third-order valence-corrected chi connectivity index (χ3v) is 3.83. The second-order valence-corrected chi connectivity index (χ2v) is 6.17. The van der Waals surface area contributed by atoms with E-state index in [2.05, 4.69) is 20.8 Å². The minimum absolute atomic E-state index is 0.185. The van der Waals surface area contributed by atoms with E-state index in [1.807, 2.05) is 37.3 Å². The Balaban J connectivity index is 2.08. The van der Waals surface area contributed by atoms with E-state index in [-0.39, 0.29) is 11.8 Å². The van der Waals surface area contributed by atoms with Gasteiger partial charge in [0.2, 0.25) is 11.0 Å². The van der Waals surface area contributed by atoms with Gasteiger partial charge in [-0.15, -0.1) is 10.2 Å². The van der Waals surface area contributed by atoms with Gasteiger partial charge in [0.15, 0.2) is 11.0 Å². The van der Waals surface area contributed by atoms with Crippen molar-refractivity contribution in [1.82, 2.24) is 15.5 Å². The van der Waals surface area contributed by atoms with Gasteiger partial charge in [0, 0.05) is 11.6 Å². The number of amides is 1. The highest BCUT2D eigenvalue weighted by Crippen LogP contribution is 2.24. The average Bonchev–Trinajstić information content (AvgIpc) is 2.95. The fraction of sp³-hybridized carbons (Fsp3) is 0.333. The van der Waals surface area contributed by atoms with Gasteiger partial charge in [-0.2, -0.15) is 5.26 Å². The molecule has 0 saturated heterocycles. The molecule has 1 amide bonds. The van der Waals surface area contributed by atoms with Gasteiger partial charge in [-0.1, -0.05) is 42.9 Å². The number of aromatic nitrogens is 2. The van der Waals surface area contributed by atoms with Crippen molar-refractivity contribution in [2.75, 3.05) is 5.32 Å². The molecule has 0 aliphatic rings. The lowest BCUT2D eigenvalue weighted by atomic mass is 10.2. The van der Waals surface area contributed by atoms with Gasteiger partial charge in [-0.05, 0) is 19.1 Å². The highest BCUT2D eigenvalue weighted by atomic mass is 32.1. The summed E-state index contributed by atoms with van der Waals surface area (Å²) in [6, 6.07) is 9.13. The van der Waals surface area contributed by atoms with Crippen LogP contribution in [-0.2, 0) is 4.79 Å². The molecule has 1 aromatic carbocycles. The molecule has 2 N–H and O–H groups in total. The number of rotatable bonds is 5. The summed E-state index contributed by atoms with van der Waals surface area (Å²) in [6.45, 7) is 5.56. The number of anilines is 2. The number of benzene rings is 1. The minimum atomic E-state index is -0.777. The predicted octanol–water partition coefficient (Wildman–Crippen LogP) is 2.93. The number of carbonyl (C=O) groups is 1. The molecule has 2 rings (SSSR count). The summed E-state index contributed by atoms with van der Waals surface area (Å²) in [5.41, 5.74) is 2.07. The Labute approximate surface area is 133 Å². The lowest BCUT2D eigenvalue weighted by Gasteiger charge is -2.10. The average molecular weight is 315 g/mol. The first kappa shape index (κ1) is 15.9. The molecule has 0 fully saturated rings. The largest absolute Gasteiger partial charge is 0.334 e. The van der Waals surface area contributed by atoms with E-state index >= 15 is 0 Å². The van der Waals surface area contributed by atoms with E-state index in [0.717, 1.165) is 5.69 Å². The van der Waals surface area contributed by atoms with Crippen LogP contribution in [0, 0.1) is 24.2 Å². The van der Waals surface area contributed by atoms with Crippen molar-refractivity contribution in [3.05, 3.63) is 34.8 Å². The molecule has 0 radical (unpaired) electrons. The summed E-state index contributed by atoms with van der Waals surface area (Å²) in [5.74, 6) is -0.372. The lowest BCUT2D eigenvalue weighted by Crippen LogP contribution is -2.31. The van der Waals surface area contributed by atoms with Crippen LogP contribution in [-0.4, -0.2) is 16.1 Å². The first-order chi connectivity index (χ1) is 10.5. The quantitative estimate of drug-likeness (QED) is 0.885. The van der Waals surface area contributed by atoms with Crippen LogP contribution in [0.2, 0.25) is 0 Å².